The zero-order valence-corrected chi connectivity index (χ0v) is 18.5. The van der Waals surface area contributed by atoms with Crippen LogP contribution in [0.5, 0.6) is 5.88 Å². The number of alkyl halides is 3. The summed E-state index contributed by atoms with van der Waals surface area (Å²) >= 11 is 1.02. The van der Waals surface area contributed by atoms with Gasteiger partial charge in [0.2, 0.25) is 5.88 Å². The molecular weight excluding hydrogens is 447 g/mol. The molecule has 0 atom stereocenters. The summed E-state index contributed by atoms with van der Waals surface area (Å²) < 4.78 is 71.6. The molecule has 1 aliphatic carbocycles. The molecule has 8 nitrogen and oxygen atoms in total. The molecule has 0 N–H and O–H groups in total. The van der Waals surface area contributed by atoms with Gasteiger partial charge in [-0.05, 0) is 46.3 Å². The zero-order valence-electron chi connectivity index (χ0n) is 16.9. The highest BCUT2D eigenvalue weighted by molar-refractivity contribution is 7.98. The van der Waals surface area contributed by atoms with Crippen LogP contribution in [0.2, 0.25) is 0 Å². The number of carbonyl (C=O) groups excluding carboxylic acids is 1. The normalized spacial score (nSPS) is 18.6. The monoisotopic (exact) mass is 469 g/mol. The summed E-state index contributed by atoms with van der Waals surface area (Å²) in [4.78, 5) is 22.5. The highest BCUT2D eigenvalue weighted by Crippen LogP contribution is 2.47. The number of rotatable bonds is 3. The van der Waals surface area contributed by atoms with Crippen molar-refractivity contribution in [1.29, 1.82) is 0 Å². The molecule has 1 aromatic heterocycles. The Morgan fingerprint density at radius 2 is 1.83 bits per heavy atom. The minimum absolute atomic E-state index is 0.0369. The van der Waals surface area contributed by atoms with Crippen molar-refractivity contribution in [3.05, 3.63) is 11.3 Å². The topological polar surface area (TPSA) is 98.7 Å². The van der Waals surface area contributed by atoms with E-state index < -0.39 is 38.7 Å². The summed E-state index contributed by atoms with van der Waals surface area (Å²) in [5.41, 5.74) is -6.60. The van der Waals surface area contributed by atoms with Crippen LogP contribution in [0.15, 0.2) is 5.16 Å². The lowest BCUT2D eigenvalue weighted by atomic mass is 9.69. The average molecular weight is 470 g/mol. The van der Waals surface area contributed by atoms with Crippen LogP contribution < -0.4 is 4.18 Å². The minimum Gasteiger partial charge on any atom is -0.444 e. The van der Waals surface area contributed by atoms with E-state index in [1.54, 1.807) is 27.0 Å². The van der Waals surface area contributed by atoms with E-state index in [1.165, 1.54) is 4.90 Å². The number of fused-ring (bicyclic) bond motifs is 1. The summed E-state index contributed by atoms with van der Waals surface area (Å²) in [6.45, 7) is 5.16. The molecule has 1 saturated carbocycles. The van der Waals surface area contributed by atoms with E-state index >= 15 is 0 Å². The van der Waals surface area contributed by atoms with Gasteiger partial charge in [-0.25, -0.2) is 9.78 Å². The third kappa shape index (κ3) is 4.32. The number of carbonyl (C=O) groups is 1. The predicted octanol–water partition coefficient (Wildman–Crippen LogP) is 3.64. The van der Waals surface area contributed by atoms with Crippen molar-refractivity contribution in [3.63, 3.8) is 0 Å². The first-order valence-electron chi connectivity index (χ1n) is 9.13. The maximum Gasteiger partial charge on any atom is 0.534 e. The first-order chi connectivity index (χ1) is 13.7. The second-order valence-corrected chi connectivity index (χ2v) is 10.6. The summed E-state index contributed by atoms with van der Waals surface area (Å²) in [6, 6.07) is 0. The molecule has 30 heavy (non-hydrogen) atoms. The summed E-state index contributed by atoms with van der Waals surface area (Å²) in [5.74, 6) is -0.642. The molecule has 0 unspecified atom stereocenters. The van der Waals surface area contributed by atoms with E-state index in [9.17, 15) is 26.4 Å². The fraction of sp³-hybridized carbons (Fsp3) is 0.706. The number of hydrogen-bond acceptors (Lipinski definition) is 8. The quantitative estimate of drug-likeness (QED) is 0.286. The van der Waals surface area contributed by atoms with E-state index in [4.69, 9.17) is 4.74 Å². The Kier molecular flexibility index (Phi) is 5.68. The van der Waals surface area contributed by atoms with Crippen molar-refractivity contribution in [2.75, 3.05) is 6.26 Å². The standard InChI is InChI=1S/C17H22F3N3O5S2/c1-15(2,3)27-14(24)23-9-11-10(8-16(23)6-5-7-16)12(22-13(21-11)29-4)28-30(25,26)17(18,19)20/h5-9H2,1-4H3. The van der Waals surface area contributed by atoms with Crippen LogP contribution in [-0.2, 0) is 27.8 Å². The van der Waals surface area contributed by atoms with Gasteiger partial charge in [-0.2, -0.15) is 26.6 Å². The molecule has 2 heterocycles. The van der Waals surface area contributed by atoms with Gasteiger partial charge in [-0.3, -0.25) is 4.90 Å². The lowest BCUT2D eigenvalue weighted by Crippen LogP contribution is -2.60. The zero-order chi connectivity index (χ0) is 22.5. The lowest BCUT2D eigenvalue weighted by molar-refractivity contribution is -0.0503. The van der Waals surface area contributed by atoms with Gasteiger partial charge in [-0.15, -0.1) is 0 Å². The maximum atomic E-state index is 12.9. The van der Waals surface area contributed by atoms with Crippen LogP contribution in [0.3, 0.4) is 0 Å². The van der Waals surface area contributed by atoms with Crippen LogP contribution in [0.25, 0.3) is 0 Å². The van der Waals surface area contributed by atoms with Crippen LogP contribution in [0, 0.1) is 0 Å². The van der Waals surface area contributed by atoms with Crippen molar-refractivity contribution in [1.82, 2.24) is 14.9 Å². The molecule has 13 heteroatoms. The van der Waals surface area contributed by atoms with Gasteiger partial charge in [0, 0.05) is 12.0 Å². The Bertz CT molecular complexity index is 957. The second kappa shape index (κ2) is 7.43. The summed E-state index contributed by atoms with van der Waals surface area (Å²) in [7, 11) is -5.89. The number of amides is 1. The van der Waals surface area contributed by atoms with Crippen molar-refractivity contribution in [2.45, 2.75) is 74.8 Å². The Hall–Kier alpha value is -1.76. The van der Waals surface area contributed by atoms with Crippen LogP contribution in [-0.4, -0.2) is 52.3 Å². The minimum atomic E-state index is -5.89. The largest absolute Gasteiger partial charge is 0.534 e. The van der Waals surface area contributed by atoms with E-state index in [1.807, 2.05) is 0 Å². The molecule has 3 rings (SSSR count). The first kappa shape index (κ1) is 22.9. The summed E-state index contributed by atoms with van der Waals surface area (Å²) in [6.07, 6.45) is 3.13. The first-order valence-corrected chi connectivity index (χ1v) is 11.8. The van der Waals surface area contributed by atoms with Gasteiger partial charge >= 0.3 is 21.7 Å². The molecule has 0 saturated heterocycles. The van der Waals surface area contributed by atoms with Crippen LogP contribution in [0.4, 0.5) is 18.0 Å². The fourth-order valence-corrected chi connectivity index (χ4v) is 4.27. The Balaban J connectivity index is 2.04. The summed E-state index contributed by atoms with van der Waals surface area (Å²) in [5, 5.41) is 0.0369. The van der Waals surface area contributed by atoms with Crippen molar-refractivity contribution in [2.24, 2.45) is 0 Å². The molecule has 0 aromatic carbocycles. The predicted molar refractivity (Wildman–Crippen MR) is 101 cm³/mol. The Labute approximate surface area is 176 Å². The van der Waals surface area contributed by atoms with Crippen molar-refractivity contribution >= 4 is 28.0 Å². The number of halogens is 3. The van der Waals surface area contributed by atoms with Crippen molar-refractivity contribution in [3.8, 4) is 5.88 Å². The number of ether oxygens (including phenoxy) is 1. The molecule has 0 bridgehead atoms. The number of aromatic nitrogens is 2. The SMILES string of the molecule is CSc1nc2c(c(OS(=O)(=O)C(F)(F)F)n1)CC1(CCC1)N(C(=O)OC(C)(C)C)C2. The molecule has 168 valence electrons. The lowest BCUT2D eigenvalue weighted by Gasteiger charge is -2.52. The smallest absolute Gasteiger partial charge is 0.444 e. The van der Waals surface area contributed by atoms with E-state index in [0.717, 1.165) is 18.2 Å². The van der Waals surface area contributed by atoms with Gasteiger partial charge in [0.1, 0.15) is 5.60 Å². The van der Waals surface area contributed by atoms with E-state index in [0.29, 0.717) is 12.8 Å². The highest BCUT2D eigenvalue weighted by Gasteiger charge is 2.52. The van der Waals surface area contributed by atoms with E-state index in [2.05, 4.69) is 14.2 Å². The van der Waals surface area contributed by atoms with Crippen molar-refractivity contribution < 1.29 is 35.3 Å². The number of thioether (sulfide) groups is 1. The Morgan fingerprint density at radius 3 is 2.30 bits per heavy atom. The molecule has 1 amide bonds. The number of nitrogens with zero attached hydrogens (tertiary/aromatic N) is 3. The molecule has 1 aromatic rings. The van der Waals surface area contributed by atoms with Gasteiger partial charge in [0.05, 0.1) is 17.8 Å². The molecule has 1 spiro atoms. The molecule has 0 radical (unpaired) electrons. The average Bonchev–Trinajstić information content (AvgIpc) is 2.56. The van der Waals surface area contributed by atoms with Gasteiger partial charge in [0.15, 0.2) is 5.16 Å². The molecular formula is C17H22F3N3O5S2. The molecule has 2 aliphatic rings. The third-order valence-corrected chi connectivity index (χ3v) is 6.47. The van der Waals surface area contributed by atoms with Crippen LogP contribution in [0.1, 0.15) is 51.3 Å². The molecule has 1 fully saturated rings. The van der Waals surface area contributed by atoms with Crippen LogP contribution >= 0.6 is 11.8 Å². The highest BCUT2D eigenvalue weighted by atomic mass is 32.2. The van der Waals surface area contributed by atoms with E-state index in [-0.39, 0.29) is 29.4 Å². The third-order valence-electron chi connectivity index (χ3n) is 4.97. The van der Waals surface area contributed by atoms with Gasteiger partial charge in [0.25, 0.3) is 0 Å². The Morgan fingerprint density at radius 1 is 1.20 bits per heavy atom. The second-order valence-electron chi connectivity index (χ2n) is 8.25. The molecule has 1 aliphatic heterocycles. The number of hydrogen-bond donors (Lipinski definition) is 0. The maximum absolute atomic E-state index is 12.9. The van der Waals surface area contributed by atoms with Gasteiger partial charge < -0.3 is 8.92 Å². The fourth-order valence-electron chi connectivity index (χ4n) is 3.45. The van der Waals surface area contributed by atoms with Gasteiger partial charge in [-0.1, -0.05) is 11.8 Å².